The fourth-order valence-electron chi connectivity index (χ4n) is 3.92. The molecule has 4 rings (SSSR count). The third kappa shape index (κ3) is 3.93. The molecular weight excluding hydrogens is 424 g/mol. The largest absolute Gasteiger partial charge is 0.496 e. The summed E-state index contributed by atoms with van der Waals surface area (Å²) >= 11 is 0. The van der Waals surface area contributed by atoms with Crippen molar-refractivity contribution in [3.63, 3.8) is 0 Å². The lowest BCUT2D eigenvalue weighted by Gasteiger charge is -2.13. The number of hydrogen-bond acceptors (Lipinski definition) is 6. The Labute approximate surface area is 191 Å². The molecule has 33 heavy (non-hydrogen) atoms. The maximum Gasteiger partial charge on any atom is 0.257 e. The SMILES string of the molecule is CCn1c(-c2cc(NC(=O)c3cc(OC)c(OC)c(OC)c3)n[nH]2)cc2c(OC)cccc21. The first-order valence-corrected chi connectivity index (χ1v) is 10.4. The van der Waals surface area contributed by atoms with E-state index in [1.54, 1.807) is 25.3 Å². The number of methoxy groups -OCH3 is 4. The molecule has 1 amide bonds. The van der Waals surface area contributed by atoms with Crippen LogP contribution >= 0.6 is 0 Å². The average molecular weight is 450 g/mol. The number of aryl methyl sites for hydroxylation is 1. The van der Waals surface area contributed by atoms with E-state index < -0.39 is 0 Å². The Balaban J connectivity index is 1.65. The van der Waals surface area contributed by atoms with Gasteiger partial charge in [0.25, 0.3) is 5.91 Å². The lowest BCUT2D eigenvalue weighted by Crippen LogP contribution is -2.13. The smallest absolute Gasteiger partial charge is 0.257 e. The molecule has 0 radical (unpaired) electrons. The Hall–Kier alpha value is -4.14. The molecule has 2 aromatic carbocycles. The van der Waals surface area contributed by atoms with E-state index in [1.165, 1.54) is 21.3 Å². The summed E-state index contributed by atoms with van der Waals surface area (Å²) in [5.41, 5.74) is 3.12. The molecule has 4 aromatic rings. The van der Waals surface area contributed by atoms with E-state index in [2.05, 4.69) is 33.1 Å². The van der Waals surface area contributed by atoms with Crippen molar-refractivity contribution >= 4 is 22.6 Å². The van der Waals surface area contributed by atoms with Gasteiger partial charge in [-0.2, -0.15) is 5.10 Å². The first-order chi connectivity index (χ1) is 16.0. The van der Waals surface area contributed by atoms with Gasteiger partial charge in [0.15, 0.2) is 17.3 Å². The zero-order chi connectivity index (χ0) is 23.5. The van der Waals surface area contributed by atoms with Gasteiger partial charge in [0.2, 0.25) is 5.75 Å². The highest BCUT2D eigenvalue weighted by Crippen LogP contribution is 2.38. The maximum atomic E-state index is 12.9. The number of rotatable bonds is 8. The zero-order valence-electron chi connectivity index (χ0n) is 19.2. The zero-order valence-corrected chi connectivity index (χ0v) is 19.2. The Kier molecular flexibility index (Phi) is 6.12. The number of fused-ring (bicyclic) bond motifs is 1. The highest BCUT2D eigenvalue weighted by Gasteiger charge is 2.19. The third-order valence-corrected chi connectivity index (χ3v) is 5.46. The minimum atomic E-state index is -0.356. The van der Waals surface area contributed by atoms with E-state index in [-0.39, 0.29) is 5.91 Å². The molecule has 2 heterocycles. The van der Waals surface area contributed by atoms with Crippen molar-refractivity contribution in [2.75, 3.05) is 33.8 Å². The monoisotopic (exact) mass is 450 g/mol. The van der Waals surface area contributed by atoms with Crippen molar-refractivity contribution < 1.29 is 23.7 Å². The quantitative estimate of drug-likeness (QED) is 0.414. The van der Waals surface area contributed by atoms with Crippen molar-refractivity contribution in [2.45, 2.75) is 13.5 Å². The van der Waals surface area contributed by atoms with Crippen LogP contribution in [0.3, 0.4) is 0 Å². The van der Waals surface area contributed by atoms with Gasteiger partial charge in [-0.25, -0.2) is 0 Å². The molecule has 172 valence electrons. The molecule has 0 spiro atoms. The van der Waals surface area contributed by atoms with Crippen molar-refractivity contribution in [3.05, 3.63) is 48.0 Å². The number of carbonyl (C=O) groups excluding carboxylic acids is 1. The number of benzene rings is 2. The molecule has 0 atom stereocenters. The number of nitrogens with zero attached hydrogens (tertiary/aromatic N) is 2. The van der Waals surface area contributed by atoms with Crippen LogP contribution in [0.15, 0.2) is 42.5 Å². The molecule has 0 bridgehead atoms. The summed E-state index contributed by atoms with van der Waals surface area (Å²) in [6.07, 6.45) is 0. The van der Waals surface area contributed by atoms with Crippen LogP contribution in [-0.4, -0.2) is 49.1 Å². The minimum Gasteiger partial charge on any atom is -0.496 e. The van der Waals surface area contributed by atoms with Gasteiger partial charge in [-0.3, -0.25) is 9.89 Å². The first kappa shape index (κ1) is 22.1. The van der Waals surface area contributed by atoms with Crippen LogP contribution in [-0.2, 0) is 6.54 Å². The molecule has 2 N–H and O–H groups in total. The summed E-state index contributed by atoms with van der Waals surface area (Å²) in [7, 11) is 6.17. The molecule has 0 saturated carbocycles. The van der Waals surface area contributed by atoms with Gasteiger partial charge in [0, 0.05) is 23.6 Å². The summed E-state index contributed by atoms with van der Waals surface area (Å²) in [5.74, 6) is 2.05. The Morgan fingerprint density at radius 1 is 0.970 bits per heavy atom. The Bertz CT molecular complexity index is 1280. The van der Waals surface area contributed by atoms with Gasteiger partial charge in [-0.1, -0.05) is 6.07 Å². The summed E-state index contributed by atoms with van der Waals surface area (Å²) in [6.45, 7) is 2.84. The number of aromatic nitrogens is 3. The van der Waals surface area contributed by atoms with Crippen LogP contribution in [0, 0.1) is 0 Å². The minimum absolute atomic E-state index is 0.349. The lowest BCUT2D eigenvalue weighted by atomic mass is 10.1. The number of amides is 1. The topological polar surface area (TPSA) is 99.6 Å². The predicted molar refractivity (Wildman–Crippen MR) is 126 cm³/mol. The van der Waals surface area contributed by atoms with Crippen molar-refractivity contribution in [1.82, 2.24) is 14.8 Å². The molecule has 0 fully saturated rings. The van der Waals surface area contributed by atoms with Crippen LogP contribution in [0.4, 0.5) is 5.82 Å². The second kappa shape index (κ2) is 9.15. The molecule has 9 heteroatoms. The van der Waals surface area contributed by atoms with Crippen LogP contribution < -0.4 is 24.3 Å². The van der Waals surface area contributed by atoms with E-state index in [4.69, 9.17) is 18.9 Å². The Morgan fingerprint density at radius 3 is 2.27 bits per heavy atom. The number of nitrogens with one attached hydrogen (secondary N) is 2. The highest BCUT2D eigenvalue weighted by molar-refractivity contribution is 6.05. The van der Waals surface area contributed by atoms with Gasteiger partial charge in [0.1, 0.15) is 5.75 Å². The van der Waals surface area contributed by atoms with E-state index >= 15 is 0 Å². The van der Waals surface area contributed by atoms with Gasteiger partial charge in [-0.05, 0) is 37.3 Å². The first-order valence-electron chi connectivity index (χ1n) is 10.4. The number of hydrogen-bond donors (Lipinski definition) is 2. The summed E-state index contributed by atoms with van der Waals surface area (Å²) in [5, 5.41) is 11.1. The lowest BCUT2D eigenvalue weighted by molar-refractivity contribution is 0.102. The predicted octanol–water partition coefficient (Wildman–Crippen LogP) is 4.34. The van der Waals surface area contributed by atoms with E-state index in [1.807, 2.05) is 18.2 Å². The number of anilines is 1. The van der Waals surface area contributed by atoms with Crippen molar-refractivity contribution in [1.29, 1.82) is 0 Å². The van der Waals surface area contributed by atoms with Crippen molar-refractivity contribution in [2.24, 2.45) is 0 Å². The standard InChI is InChI=1S/C24H26N4O5/c1-6-28-17-8-7-9-19(30-2)15(17)12-18(28)16-13-22(27-26-16)25-24(29)14-10-20(31-3)23(33-5)21(11-14)32-4/h7-13H,6H2,1-5H3,(H2,25,26,27,29). The number of carbonyl (C=O) groups is 1. The van der Waals surface area contributed by atoms with Gasteiger partial charge >= 0.3 is 0 Å². The normalized spacial score (nSPS) is 10.8. The summed E-state index contributed by atoms with van der Waals surface area (Å²) in [4.78, 5) is 12.9. The molecule has 0 aliphatic carbocycles. The molecule has 0 aliphatic rings. The Morgan fingerprint density at radius 2 is 1.67 bits per heavy atom. The number of H-pyrrole nitrogens is 1. The van der Waals surface area contributed by atoms with E-state index in [0.29, 0.717) is 28.6 Å². The van der Waals surface area contributed by atoms with Gasteiger partial charge in [-0.15, -0.1) is 0 Å². The average Bonchev–Trinajstić information content (AvgIpc) is 3.46. The van der Waals surface area contributed by atoms with Crippen molar-refractivity contribution in [3.8, 4) is 34.4 Å². The second-order valence-corrected chi connectivity index (χ2v) is 7.20. The van der Waals surface area contributed by atoms with Crippen LogP contribution in [0.2, 0.25) is 0 Å². The second-order valence-electron chi connectivity index (χ2n) is 7.20. The third-order valence-electron chi connectivity index (χ3n) is 5.46. The molecule has 0 aliphatic heterocycles. The molecular formula is C24H26N4O5. The molecule has 0 saturated heterocycles. The van der Waals surface area contributed by atoms with Gasteiger partial charge < -0.3 is 28.8 Å². The maximum absolute atomic E-state index is 12.9. The fraction of sp³-hybridized carbons (Fsp3) is 0.250. The van der Waals surface area contributed by atoms with Crippen LogP contribution in [0.1, 0.15) is 17.3 Å². The van der Waals surface area contributed by atoms with Gasteiger partial charge in [0.05, 0.1) is 45.3 Å². The fourth-order valence-corrected chi connectivity index (χ4v) is 3.92. The van der Waals surface area contributed by atoms with E-state index in [0.717, 1.165) is 34.6 Å². The van der Waals surface area contributed by atoms with Crippen LogP contribution in [0.5, 0.6) is 23.0 Å². The summed E-state index contributed by atoms with van der Waals surface area (Å²) < 4.78 is 23.7. The molecule has 2 aromatic heterocycles. The van der Waals surface area contributed by atoms with E-state index in [9.17, 15) is 4.79 Å². The number of ether oxygens (including phenoxy) is 4. The molecule has 9 nitrogen and oxygen atoms in total. The summed E-state index contributed by atoms with van der Waals surface area (Å²) in [6, 6.07) is 13.0. The van der Waals surface area contributed by atoms with Crippen LogP contribution in [0.25, 0.3) is 22.3 Å². The highest BCUT2D eigenvalue weighted by atomic mass is 16.5. The molecule has 0 unspecified atom stereocenters. The number of aromatic amines is 1.